The van der Waals surface area contributed by atoms with E-state index in [1.165, 1.54) is 33.2 Å². The van der Waals surface area contributed by atoms with Crippen LogP contribution in [0, 0.1) is 13.8 Å². The molecule has 0 aliphatic heterocycles. The van der Waals surface area contributed by atoms with E-state index in [0.717, 1.165) is 17.5 Å². The van der Waals surface area contributed by atoms with Gasteiger partial charge in [0, 0.05) is 39.9 Å². The fourth-order valence-electron chi connectivity index (χ4n) is 2.43. The average Bonchev–Trinajstić information content (AvgIpc) is 3.20. The van der Waals surface area contributed by atoms with Crippen LogP contribution in [0.15, 0.2) is 34.7 Å². The Balaban J connectivity index is 1.54. The topological polar surface area (TPSA) is 101 Å². The summed E-state index contributed by atoms with van der Waals surface area (Å²) in [4.78, 5) is 22.6. The molecular weight excluding hydrogens is 440 g/mol. The number of carbonyl (C=O) groups is 1. The maximum Gasteiger partial charge on any atom is 0.242 e. The summed E-state index contributed by atoms with van der Waals surface area (Å²) in [5.41, 5.74) is 1.88. The van der Waals surface area contributed by atoms with Gasteiger partial charge in [-0.25, -0.2) is 23.1 Å². The smallest absolute Gasteiger partial charge is 0.242 e. The van der Waals surface area contributed by atoms with Crippen LogP contribution in [0.1, 0.15) is 16.2 Å². The first-order valence-electron chi connectivity index (χ1n) is 8.18. The van der Waals surface area contributed by atoms with Crippen LogP contribution < -0.4 is 10.0 Å². The summed E-state index contributed by atoms with van der Waals surface area (Å²) in [6, 6.07) is 4.81. The molecule has 0 aliphatic carbocycles. The van der Waals surface area contributed by atoms with Crippen molar-refractivity contribution in [2.75, 3.05) is 11.9 Å². The van der Waals surface area contributed by atoms with Crippen LogP contribution in [0.4, 0.5) is 5.13 Å². The van der Waals surface area contributed by atoms with Gasteiger partial charge in [-0.15, -0.1) is 22.7 Å². The summed E-state index contributed by atoms with van der Waals surface area (Å²) >= 11 is 8.68. The zero-order valence-electron chi connectivity index (χ0n) is 15.0. The van der Waals surface area contributed by atoms with E-state index in [1.54, 1.807) is 11.3 Å². The van der Waals surface area contributed by atoms with Gasteiger partial charge in [-0.3, -0.25) is 4.79 Å². The predicted molar refractivity (Wildman–Crippen MR) is 113 cm³/mol. The van der Waals surface area contributed by atoms with E-state index >= 15 is 0 Å². The average molecular weight is 457 g/mol. The summed E-state index contributed by atoms with van der Waals surface area (Å²) in [5.74, 6) is -0.323. The monoisotopic (exact) mass is 456 g/mol. The molecule has 0 bridgehead atoms. The standard InChI is InChI=1S/C17H17ClN4O3S3/c1-10-7-13(11(2)27-10)14-9-26-17(21-14)22-16(23)5-6-20-28(24,25)12-3-4-15(18)19-8-12/h3-4,7-9,20H,5-6H2,1-2H3,(H,21,22,23). The number of aromatic nitrogens is 2. The Morgan fingerprint density at radius 2 is 2.07 bits per heavy atom. The molecule has 0 saturated heterocycles. The Hall–Kier alpha value is -1.85. The first-order chi connectivity index (χ1) is 13.2. The van der Waals surface area contributed by atoms with Crippen molar-refractivity contribution in [2.45, 2.75) is 25.2 Å². The van der Waals surface area contributed by atoms with Gasteiger partial charge < -0.3 is 5.32 Å². The van der Waals surface area contributed by atoms with Crippen molar-refractivity contribution in [3.05, 3.63) is 44.7 Å². The molecule has 3 aromatic heterocycles. The van der Waals surface area contributed by atoms with Crippen LogP contribution in [0.5, 0.6) is 0 Å². The number of aryl methyl sites for hydroxylation is 2. The third-order valence-corrected chi connectivity index (χ3v) is 7.12. The number of pyridine rings is 1. The van der Waals surface area contributed by atoms with Gasteiger partial charge in [0.2, 0.25) is 15.9 Å². The summed E-state index contributed by atoms with van der Waals surface area (Å²) in [5, 5.41) is 5.27. The Morgan fingerprint density at radius 3 is 2.71 bits per heavy atom. The van der Waals surface area contributed by atoms with E-state index in [-0.39, 0.29) is 28.9 Å². The minimum atomic E-state index is -3.74. The van der Waals surface area contributed by atoms with Crippen molar-refractivity contribution >= 4 is 55.3 Å². The molecule has 0 aliphatic rings. The second kappa shape index (κ2) is 8.66. The van der Waals surface area contributed by atoms with E-state index in [2.05, 4.69) is 26.1 Å². The molecule has 0 aromatic carbocycles. The molecule has 3 aromatic rings. The zero-order valence-corrected chi connectivity index (χ0v) is 18.2. The summed E-state index contributed by atoms with van der Waals surface area (Å²) in [6.07, 6.45) is 1.14. The molecule has 0 saturated carbocycles. The minimum Gasteiger partial charge on any atom is -0.302 e. The number of rotatable bonds is 7. The number of carbonyl (C=O) groups excluding carboxylic acids is 1. The molecule has 148 valence electrons. The molecule has 2 N–H and O–H groups in total. The molecule has 1 amide bonds. The number of amides is 1. The van der Waals surface area contributed by atoms with Crippen LogP contribution in [0.2, 0.25) is 5.15 Å². The van der Waals surface area contributed by atoms with Crippen LogP contribution in [0.3, 0.4) is 0 Å². The van der Waals surface area contributed by atoms with Crippen molar-refractivity contribution < 1.29 is 13.2 Å². The molecule has 0 fully saturated rings. The second-order valence-corrected chi connectivity index (χ2v) is 10.4. The van der Waals surface area contributed by atoms with Gasteiger partial charge in [-0.05, 0) is 32.0 Å². The minimum absolute atomic E-state index is 0.0108. The molecule has 0 unspecified atom stereocenters. The van der Waals surface area contributed by atoms with E-state index in [1.807, 2.05) is 19.2 Å². The van der Waals surface area contributed by atoms with E-state index < -0.39 is 10.0 Å². The number of hydrogen-bond acceptors (Lipinski definition) is 7. The largest absolute Gasteiger partial charge is 0.302 e. The lowest BCUT2D eigenvalue weighted by Crippen LogP contribution is -2.27. The highest BCUT2D eigenvalue weighted by Gasteiger charge is 2.15. The number of nitrogens with one attached hydrogen (secondary N) is 2. The molecule has 0 atom stereocenters. The van der Waals surface area contributed by atoms with Crippen LogP contribution in [0.25, 0.3) is 11.3 Å². The van der Waals surface area contributed by atoms with Gasteiger partial charge in [0.1, 0.15) is 10.0 Å². The highest BCUT2D eigenvalue weighted by molar-refractivity contribution is 7.89. The highest BCUT2D eigenvalue weighted by Crippen LogP contribution is 2.32. The number of thiophene rings is 1. The molecule has 3 heterocycles. The van der Waals surface area contributed by atoms with Crippen molar-refractivity contribution in [2.24, 2.45) is 0 Å². The Kier molecular flexibility index (Phi) is 6.46. The lowest BCUT2D eigenvalue weighted by molar-refractivity contribution is -0.116. The first kappa shape index (κ1) is 20.9. The van der Waals surface area contributed by atoms with Crippen LogP contribution in [-0.2, 0) is 14.8 Å². The fraction of sp³-hybridized carbons (Fsp3) is 0.235. The van der Waals surface area contributed by atoms with Crippen molar-refractivity contribution in [3.8, 4) is 11.3 Å². The molecular formula is C17H17ClN4O3S3. The number of hydrogen-bond donors (Lipinski definition) is 2. The lowest BCUT2D eigenvalue weighted by atomic mass is 10.2. The Morgan fingerprint density at radius 1 is 1.29 bits per heavy atom. The molecule has 7 nitrogen and oxygen atoms in total. The van der Waals surface area contributed by atoms with Gasteiger partial charge in [0.25, 0.3) is 0 Å². The van der Waals surface area contributed by atoms with Crippen LogP contribution in [-0.4, -0.2) is 30.8 Å². The van der Waals surface area contributed by atoms with Crippen LogP contribution >= 0.6 is 34.3 Å². The van der Waals surface area contributed by atoms with Crippen molar-refractivity contribution in [1.82, 2.24) is 14.7 Å². The first-order valence-corrected chi connectivity index (χ1v) is 11.7. The van der Waals surface area contributed by atoms with Crippen molar-refractivity contribution in [3.63, 3.8) is 0 Å². The number of thiazole rings is 1. The maximum absolute atomic E-state index is 12.1. The summed E-state index contributed by atoms with van der Waals surface area (Å²) < 4.78 is 26.6. The van der Waals surface area contributed by atoms with Gasteiger partial charge in [0.05, 0.1) is 5.69 Å². The quantitative estimate of drug-likeness (QED) is 0.526. The summed E-state index contributed by atoms with van der Waals surface area (Å²) in [7, 11) is -3.74. The third kappa shape index (κ3) is 5.15. The SMILES string of the molecule is Cc1cc(-c2csc(NC(=O)CCNS(=O)(=O)c3ccc(Cl)nc3)n2)c(C)s1. The molecule has 3 rings (SSSR count). The second-order valence-electron chi connectivity index (χ2n) is 5.88. The van der Waals surface area contributed by atoms with E-state index in [0.29, 0.717) is 5.13 Å². The fourth-order valence-corrected chi connectivity index (χ4v) is 5.17. The van der Waals surface area contributed by atoms with Gasteiger partial charge >= 0.3 is 0 Å². The summed E-state index contributed by atoms with van der Waals surface area (Å²) in [6.45, 7) is 4.03. The third-order valence-electron chi connectivity index (χ3n) is 3.72. The molecule has 0 radical (unpaired) electrons. The zero-order chi connectivity index (χ0) is 20.3. The normalized spacial score (nSPS) is 11.5. The maximum atomic E-state index is 12.1. The van der Waals surface area contributed by atoms with Gasteiger partial charge in [-0.1, -0.05) is 11.6 Å². The molecule has 28 heavy (non-hydrogen) atoms. The van der Waals surface area contributed by atoms with Gasteiger partial charge in [0.15, 0.2) is 5.13 Å². The number of nitrogens with zero attached hydrogens (tertiary/aromatic N) is 2. The molecule has 11 heteroatoms. The van der Waals surface area contributed by atoms with E-state index in [9.17, 15) is 13.2 Å². The number of halogens is 1. The van der Waals surface area contributed by atoms with Gasteiger partial charge in [-0.2, -0.15) is 0 Å². The Bertz CT molecular complexity index is 1090. The Labute approximate surface area is 175 Å². The number of anilines is 1. The predicted octanol–water partition coefficient (Wildman–Crippen LogP) is 3.84. The number of sulfonamides is 1. The lowest BCUT2D eigenvalue weighted by Gasteiger charge is -2.06. The van der Waals surface area contributed by atoms with Crippen molar-refractivity contribution in [1.29, 1.82) is 0 Å². The molecule has 0 spiro atoms. The van der Waals surface area contributed by atoms with E-state index in [4.69, 9.17) is 11.6 Å². The highest BCUT2D eigenvalue weighted by atomic mass is 35.5.